The molecule has 0 bridgehead atoms. The van der Waals surface area contributed by atoms with E-state index in [1.165, 1.54) is 12.3 Å². The van der Waals surface area contributed by atoms with Crippen molar-refractivity contribution >= 4 is 58.0 Å². The van der Waals surface area contributed by atoms with Gasteiger partial charge < -0.3 is 20.9 Å². The number of carbonyl (C=O) groups excluding carboxylic acids is 3. The zero-order valence-corrected chi connectivity index (χ0v) is 20.0. The molecule has 35 heavy (non-hydrogen) atoms. The molecule has 11 heteroatoms. The second-order valence-corrected chi connectivity index (χ2v) is 8.66. The molecule has 4 rings (SSSR count). The molecule has 4 N–H and O–H groups in total. The fourth-order valence-corrected chi connectivity index (χ4v) is 4.37. The highest BCUT2D eigenvalue weighted by atomic mass is 35.5. The van der Waals surface area contributed by atoms with E-state index in [1.54, 1.807) is 24.3 Å². The van der Waals surface area contributed by atoms with Gasteiger partial charge in [0.1, 0.15) is 0 Å². The molecule has 1 fully saturated rings. The van der Waals surface area contributed by atoms with Crippen molar-refractivity contribution in [2.75, 3.05) is 28.6 Å². The van der Waals surface area contributed by atoms with Crippen LogP contribution in [0.5, 0.6) is 0 Å². The van der Waals surface area contributed by atoms with Crippen molar-refractivity contribution in [3.8, 4) is 0 Å². The van der Waals surface area contributed by atoms with Crippen LogP contribution in [0.3, 0.4) is 0 Å². The van der Waals surface area contributed by atoms with E-state index in [2.05, 4.69) is 37.6 Å². The largest absolute Gasteiger partial charge is 0.369 e. The van der Waals surface area contributed by atoms with Gasteiger partial charge in [-0.3, -0.25) is 19.5 Å². The molecule has 2 aromatic carbocycles. The lowest BCUT2D eigenvalue weighted by atomic mass is 10.2. The fraction of sp³-hybridized carbons (Fsp3) is 0.167. The molecule has 2 heterocycles. The summed E-state index contributed by atoms with van der Waals surface area (Å²) >= 11 is 12.2. The van der Waals surface area contributed by atoms with Gasteiger partial charge in [0.25, 0.3) is 11.8 Å². The zero-order valence-electron chi connectivity index (χ0n) is 18.5. The van der Waals surface area contributed by atoms with E-state index in [-0.39, 0.29) is 38.9 Å². The van der Waals surface area contributed by atoms with Crippen LogP contribution < -0.4 is 20.9 Å². The molecule has 3 amide bonds. The Morgan fingerprint density at radius 3 is 2.57 bits per heavy atom. The fourth-order valence-electron chi connectivity index (χ4n) is 3.80. The van der Waals surface area contributed by atoms with Crippen molar-refractivity contribution in [3.05, 3.63) is 82.6 Å². The molecule has 0 aliphatic carbocycles. The molecular formula is C24H22Cl2N6O3. The molecule has 180 valence electrons. The maximum absolute atomic E-state index is 12.9. The number of aromatic amines is 1. The molecular weight excluding hydrogens is 491 g/mol. The summed E-state index contributed by atoms with van der Waals surface area (Å²) in [5.74, 6) is -1.26. The Hall–Kier alpha value is -3.82. The number of nitrogens with one attached hydrogen (secondary N) is 4. The third kappa shape index (κ3) is 5.64. The van der Waals surface area contributed by atoms with Crippen LogP contribution in [0.15, 0.2) is 61.3 Å². The monoisotopic (exact) mass is 512 g/mol. The quantitative estimate of drug-likeness (QED) is 0.355. The Morgan fingerprint density at radius 1 is 1.09 bits per heavy atom. The first-order valence-corrected chi connectivity index (χ1v) is 11.5. The predicted molar refractivity (Wildman–Crippen MR) is 136 cm³/mol. The van der Waals surface area contributed by atoms with Gasteiger partial charge >= 0.3 is 0 Å². The van der Waals surface area contributed by atoms with Gasteiger partial charge in [-0.1, -0.05) is 41.9 Å². The summed E-state index contributed by atoms with van der Waals surface area (Å²) in [5, 5.41) is 15.3. The molecule has 1 aliphatic rings. The van der Waals surface area contributed by atoms with E-state index < -0.39 is 11.8 Å². The van der Waals surface area contributed by atoms with Gasteiger partial charge in [-0.2, -0.15) is 5.10 Å². The van der Waals surface area contributed by atoms with E-state index in [1.807, 2.05) is 18.2 Å². The van der Waals surface area contributed by atoms with Crippen molar-refractivity contribution < 1.29 is 14.4 Å². The topological polar surface area (TPSA) is 119 Å². The summed E-state index contributed by atoms with van der Waals surface area (Å²) in [7, 11) is 0. The Kier molecular flexibility index (Phi) is 7.38. The average Bonchev–Trinajstić information content (AvgIpc) is 3.49. The maximum Gasteiger partial charge on any atom is 0.274 e. The lowest BCUT2D eigenvalue weighted by Crippen LogP contribution is -2.37. The maximum atomic E-state index is 12.9. The number of nitrogens with zero attached hydrogens (tertiary/aromatic N) is 2. The van der Waals surface area contributed by atoms with Gasteiger partial charge in [0, 0.05) is 36.7 Å². The normalized spacial score (nSPS) is 14.9. The van der Waals surface area contributed by atoms with Crippen LogP contribution in [0.2, 0.25) is 10.0 Å². The summed E-state index contributed by atoms with van der Waals surface area (Å²) in [4.78, 5) is 39.3. The Bertz CT molecular complexity index is 1270. The summed E-state index contributed by atoms with van der Waals surface area (Å²) in [6.07, 6.45) is 3.35. The van der Waals surface area contributed by atoms with Crippen molar-refractivity contribution in [1.29, 1.82) is 0 Å². The minimum absolute atomic E-state index is 0.0501. The number of halogens is 2. The van der Waals surface area contributed by atoms with E-state index in [0.29, 0.717) is 12.2 Å². The van der Waals surface area contributed by atoms with Crippen molar-refractivity contribution in [2.45, 2.75) is 12.5 Å². The number of amides is 3. The number of rotatable bonds is 7. The lowest BCUT2D eigenvalue weighted by molar-refractivity contribution is -0.111. The number of anilines is 3. The average molecular weight is 513 g/mol. The van der Waals surface area contributed by atoms with Crippen molar-refractivity contribution in [1.82, 2.24) is 15.5 Å². The molecule has 3 aromatic rings. The molecule has 0 saturated carbocycles. The Morgan fingerprint density at radius 2 is 1.83 bits per heavy atom. The van der Waals surface area contributed by atoms with Crippen LogP contribution in [-0.4, -0.2) is 47.1 Å². The highest BCUT2D eigenvalue weighted by molar-refractivity contribution is 6.40. The SMILES string of the molecule is C=CC(=O)Nc1cccc(N2CCC(NC(=O)c3n[nH]cc3NC(=O)c3c(Cl)cccc3Cl)C2)c1. The first-order chi connectivity index (χ1) is 16.9. The second-order valence-electron chi connectivity index (χ2n) is 7.85. The number of hydrogen-bond acceptors (Lipinski definition) is 5. The van der Waals surface area contributed by atoms with Crippen LogP contribution in [0.4, 0.5) is 17.1 Å². The van der Waals surface area contributed by atoms with Gasteiger partial charge in [-0.25, -0.2) is 0 Å². The summed E-state index contributed by atoms with van der Waals surface area (Å²) in [6.45, 7) is 4.75. The number of aromatic nitrogens is 2. The smallest absolute Gasteiger partial charge is 0.274 e. The molecule has 1 unspecified atom stereocenters. The second kappa shape index (κ2) is 10.6. The molecule has 1 atom stereocenters. The Labute approximate surface area is 211 Å². The number of hydrogen-bond donors (Lipinski definition) is 4. The zero-order chi connectivity index (χ0) is 24.9. The summed E-state index contributed by atoms with van der Waals surface area (Å²) in [6, 6.07) is 12.1. The van der Waals surface area contributed by atoms with Crippen LogP contribution in [0.1, 0.15) is 27.3 Å². The van der Waals surface area contributed by atoms with E-state index in [4.69, 9.17) is 23.2 Å². The van der Waals surface area contributed by atoms with Crippen molar-refractivity contribution in [2.24, 2.45) is 0 Å². The molecule has 1 aromatic heterocycles. The number of carbonyl (C=O) groups is 3. The standard InChI is InChI=1S/C24H22Cl2N6O3/c1-2-20(33)28-14-5-3-6-16(11-14)32-10-9-15(13-32)29-24(35)22-19(12-27-31-22)30-23(34)21-17(25)7-4-8-18(21)26/h2-8,11-12,15H,1,9-10,13H2,(H,27,31)(H,28,33)(H,29,35)(H,30,34). The minimum atomic E-state index is -0.550. The summed E-state index contributed by atoms with van der Waals surface area (Å²) in [5.41, 5.74) is 1.96. The van der Waals surface area contributed by atoms with Crippen LogP contribution in [0.25, 0.3) is 0 Å². The summed E-state index contributed by atoms with van der Waals surface area (Å²) < 4.78 is 0. The molecule has 9 nitrogen and oxygen atoms in total. The highest BCUT2D eigenvalue weighted by Gasteiger charge is 2.27. The molecule has 1 aliphatic heterocycles. The van der Waals surface area contributed by atoms with E-state index >= 15 is 0 Å². The van der Waals surface area contributed by atoms with Gasteiger partial charge in [0.05, 0.1) is 21.3 Å². The van der Waals surface area contributed by atoms with Gasteiger partial charge in [0.2, 0.25) is 5.91 Å². The van der Waals surface area contributed by atoms with Crippen molar-refractivity contribution in [3.63, 3.8) is 0 Å². The molecule has 0 radical (unpaired) electrons. The first-order valence-electron chi connectivity index (χ1n) is 10.7. The molecule has 1 saturated heterocycles. The van der Waals surface area contributed by atoms with Gasteiger partial charge in [-0.05, 0) is 42.8 Å². The molecule has 0 spiro atoms. The minimum Gasteiger partial charge on any atom is -0.369 e. The van der Waals surface area contributed by atoms with Crippen LogP contribution in [0, 0.1) is 0 Å². The number of benzene rings is 2. The van der Waals surface area contributed by atoms with E-state index in [9.17, 15) is 14.4 Å². The highest BCUT2D eigenvalue weighted by Crippen LogP contribution is 2.26. The number of H-pyrrole nitrogens is 1. The van der Waals surface area contributed by atoms with E-state index in [0.717, 1.165) is 18.7 Å². The van der Waals surface area contributed by atoms with Crippen LogP contribution >= 0.6 is 23.2 Å². The van der Waals surface area contributed by atoms with Gasteiger partial charge in [0.15, 0.2) is 5.69 Å². The lowest BCUT2D eigenvalue weighted by Gasteiger charge is -2.20. The predicted octanol–water partition coefficient (Wildman–Crippen LogP) is 4.10. The first kappa shape index (κ1) is 24.3. The third-order valence-electron chi connectivity index (χ3n) is 5.48. The van der Waals surface area contributed by atoms with Gasteiger partial charge in [-0.15, -0.1) is 0 Å². The van der Waals surface area contributed by atoms with Crippen LogP contribution in [-0.2, 0) is 4.79 Å². The third-order valence-corrected chi connectivity index (χ3v) is 6.11. The Balaban J connectivity index is 1.39.